The van der Waals surface area contributed by atoms with Gasteiger partial charge in [0.2, 0.25) is 5.89 Å². The minimum Gasteiger partial charge on any atom is -0.364 e. The van der Waals surface area contributed by atoms with Crippen molar-refractivity contribution in [1.29, 1.82) is 0 Å². The molecule has 2 aromatic heterocycles. The molecule has 0 N–H and O–H groups in total. The molecule has 5 nitrogen and oxygen atoms in total. The van der Waals surface area contributed by atoms with Crippen LogP contribution in [0.3, 0.4) is 0 Å². The van der Waals surface area contributed by atoms with Crippen molar-refractivity contribution >= 4 is 10.8 Å². The number of hydrogen-bond acceptors (Lipinski definition) is 5. The zero-order chi connectivity index (χ0) is 15.9. The van der Waals surface area contributed by atoms with Crippen molar-refractivity contribution in [2.24, 2.45) is 0 Å². The van der Waals surface area contributed by atoms with Crippen molar-refractivity contribution in [1.82, 2.24) is 15.3 Å². The van der Waals surface area contributed by atoms with Gasteiger partial charge in [-0.3, -0.25) is 0 Å². The third-order valence-electron chi connectivity index (χ3n) is 4.62. The van der Waals surface area contributed by atoms with E-state index < -0.39 is 0 Å². The Kier molecular flexibility index (Phi) is 2.98. The van der Waals surface area contributed by atoms with Crippen LogP contribution < -0.4 is 0 Å². The van der Waals surface area contributed by atoms with E-state index in [9.17, 15) is 0 Å². The molecule has 24 heavy (non-hydrogen) atoms. The van der Waals surface area contributed by atoms with Crippen LogP contribution in [0.25, 0.3) is 10.8 Å². The zero-order valence-corrected chi connectivity index (χ0v) is 12.9. The lowest BCUT2D eigenvalue weighted by Gasteiger charge is -2.02. The molecule has 5 rings (SSSR count). The molecule has 1 aliphatic carbocycles. The maximum Gasteiger partial charge on any atom is 0.230 e. The fourth-order valence-corrected chi connectivity index (χ4v) is 3.26. The van der Waals surface area contributed by atoms with Crippen molar-refractivity contribution in [3.05, 3.63) is 77.8 Å². The Morgan fingerprint density at radius 3 is 2.75 bits per heavy atom. The summed E-state index contributed by atoms with van der Waals surface area (Å²) in [4.78, 5) is 4.53. The van der Waals surface area contributed by atoms with Crippen LogP contribution in [-0.4, -0.2) is 15.3 Å². The molecule has 0 aliphatic heterocycles. The molecular formula is C19H15N3O2. The molecule has 0 unspecified atom stereocenters. The van der Waals surface area contributed by atoms with Crippen molar-refractivity contribution in [3.8, 4) is 0 Å². The van der Waals surface area contributed by atoms with E-state index in [1.54, 1.807) is 6.26 Å². The molecule has 2 atom stereocenters. The fourth-order valence-electron chi connectivity index (χ4n) is 3.26. The average Bonchev–Trinajstić information content (AvgIpc) is 3.02. The van der Waals surface area contributed by atoms with Gasteiger partial charge in [-0.2, -0.15) is 4.98 Å². The Morgan fingerprint density at radius 2 is 1.88 bits per heavy atom. The second-order valence-corrected chi connectivity index (χ2v) is 6.27. The van der Waals surface area contributed by atoms with Crippen molar-refractivity contribution in [3.63, 3.8) is 0 Å². The highest BCUT2D eigenvalue weighted by molar-refractivity contribution is 5.83. The van der Waals surface area contributed by atoms with Crippen LogP contribution in [-0.2, 0) is 6.42 Å². The van der Waals surface area contributed by atoms with Gasteiger partial charge in [0.15, 0.2) is 5.82 Å². The summed E-state index contributed by atoms with van der Waals surface area (Å²) in [5.41, 5.74) is 2.15. The molecule has 2 aromatic carbocycles. The predicted octanol–water partition coefficient (Wildman–Crippen LogP) is 4.07. The van der Waals surface area contributed by atoms with E-state index in [-0.39, 0.29) is 0 Å². The van der Waals surface area contributed by atoms with Gasteiger partial charge in [0.05, 0.1) is 12.1 Å². The Labute approximate surface area is 138 Å². The summed E-state index contributed by atoms with van der Waals surface area (Å²) >= 11 is 0. The van der Waals surface area contributed by atoms with Gasteiger partial charge in [0.1, 0.15) is 6.26 Å². The maximum atomic E-state index is 5.46. The summed E-state index contributed by atoms with van der Waals surface area (Å²) in [6.45, 7) is 0. The van der Waals surface area contributed by atoms with E-state index >= 15 is 0 Å². The summed E-state index contributed by atoms with van der Waals surface area (Å²) < 4.78 is 10.3. The first-order valence-electron chi connectivity index (χ1n) is 8.07. The van der Waals surface area contributed by atoms with Crippen molar-refractivity contribution < 1.29 is 9.05 Å². The van der Waals surface area contributed by atoms with E-state index in [1.165, 1.54) is 16.3 Å². The Hall–Kier alpha value is -2.95. The van der Waals surface area contributed by atoms with Gasteiger partial charge in [-0.25, -0.2) is 0 Å². The van der Waals surface area contributed by atoms with Gasteiger partial charge in [-0.05, 0) is 28.7 Å². The zero-order valence-electron chi connectivity index (χ0n) is 12.9. The first-order chi connectivity index (χ1) is 11.9. The van der Waals surface area contributed by atoms with Gasteiger partial charge in [0, 0.05) is 12.0 Å². The minimum atomic E-state index is 0.324. The van der Waals surface area contributed by atoms with Gasteiger partial charge >= 0.3 is 0 Å². The summed E-state index contributed by atoms with van der Waals surface area (Å²) in [5.74, 6) is 2.18. The Morgan fingerprint density at radius 1 is 0.958 bits per heavy atom. The summed E-state index contributed by atoms with van der Waals surface area (Å²) in [7, 11) is 0. The predicted molar refractivity (Wildman–Crippen MR) is 87.7 cm³/mol. The van der Waals surface area contributed by atoms with Crippen LogP contribution in [0.2, 0.25) is 0 Å². The Bertz CT molecular complexity index is 991. The van der Waals surface area contributed by atoms with Crippen LogP contribution in [0.4, 0.5) is 0 Å². The molecule has 0 saturated heterocycles. The number of nitrogens with zero attached hydrogens (tertiary/aromatic N) is 3. The van der Waals surface area contributed by atoms with Crippen LogP contribution in [0.5, 0.6) is 0 Å². The van der Waals surface area contributed by atoms with E-state index in [0.717, 1.165) is 18.0 Å². The molecule has 5 heteroatoms. The Balaban J connectivity index is 1.35. The molecule has 1 aliphatic rings. The SMILES string of the molecule is c1ccc2cc([C@H]3C[C@@H]3c3nc(Cc4ccon4)no3)ccc2c1. The molecule has 118 valence electrons. The topological polar surface area (TPSA) is 65.0 Å². The molecule has 1 saturated carbocycles. The fraction of sp³-hybridized carbons (Fsp3) is 0.211. The molecule has 2 heterocycles. The second-order valence-electron chi connectivity index (χ2n) is 6.27. The van der Waals surface area contributed by atoms with E-state index in [2.05, 4.69) is 57.8 Å². The smallest absolute Gasteiger partial charge is 0.230 e. The van der Waals surface area contributed by atoms with Crippen molar-refractivity contribution in [2.75, 3.05) is 0 Å². The van der Waals surface area contributed by atoms with Crippen LogP contribution >= 0.6 is 0 Å². The van der Waals surface area contributed by atoms with E-state index in [4.69, 9.17) is 9.05 Å². The standard InChI is InChI=1S/C19H15N3O2/c1-2-4-13-9-14(6-5-12(13)3-1)16-11-17(16)19-20-18(22-24-19)10-15-7-8-23-21-15/h1-9,16-17H,10-11H2/t16-,17+/m1/s1. The third kappa shape index (κ3) is 2.38. The molecular weight excluding hydrogens is 302 g/mol. The van der Waals surface area contributed by atoms with Gasteiger partial charge < -0.3 is 9.05 Å². The summed E-state index contributed by atoms with van der Waals surface area (Å²) in [6.07, 6.45) is 3.14. The third-order valence-corrected chi connectivity index (χ3v) is 4.62. The number of benzene rings is 2. The summed E-state index contributed by atoms with van der Waals surface area (Å²) in [5, 5.41) is 10.5. The van der Waals surface area contributed by atoms with Gasteiger partial charge in [-0.1, -0.05) is 52.8 Å². The van der Waals surface area contributed by atoms with Crippen LogP contribution in [0.1, 0.15) is 41.2 Å². The second kappa shape index (κ2) is 5.30. The number of rotatable bonds is 4. The van der Waals surface area contributed by atoms with E-state index in [0.29, 0.717) is 24.1 Å². The largest absolute Gasteiger partial charge is 0.364 e. The number of aromatic nitrogens is 3. The first-order valence-corrected chi connectivity index (χ1v) is 8.07. The quantitative estimate of drug-likeness (QED) is 0.567. The first kappa shape index (κ1) is 13.5. The monoisotopic (exact) mass is 317 g/mol. The van der Waals surface area contributed by atoms with Gasteiger partial charge in [-0.15, -0.1) is 0 Å². The number of hydrogen-bond donors (Lipinski definition) is 0. The summed E-state index contributed by atoms with van der Waals surface area (Å²) in [6, 6.07) is 16.9. The lowest BCUT2D eigenvalue weighted by atomic mass is 10.0. The van der Waals surface area contributed by atoms with Crippen LogP contribution in [0, 0.1) is 0 Å². The average molecular weight is 317 g/mol. The number of fused-ring (bicyclic) bond motifs is 1. The molecule has 0 amide bonds. The van der Waals surface area contributed by atoms with E-state index in [1.807, 2.05) is 6.07 Å². The van der Waals surface area contributed by atoms with Crippen molar-refractivity contribution in [2.45, 2.75) is 24.7 Å². The highest BCUT2D eigenvalue weighted by Crippen LogP contribution is 2.54. The molecule has 0 spiro atoms. The van der Waals surface area contributed by atoms with Crippen LogP contribution in [0.15, 0.2) is 63.8 Å². The lowest BCUT2D eigenvalue weighted by molar-refractivity contribution is 0.372. The van der Waals surface area contributed by atoms with Gasteiger partial charge in [0.25, 0.3) is 0 Å². The molecule has 0 bridgehead atoms. The highest BCUT2D eigenvalue weighted by atomic mass is 16.5. The minimum absolute atomic E-state index is 0.324. The normalized spacial score (nSPS) is 19.7. The lowest BCUT2D eigenvalue weighted by Crippen LogP contribution is -1.91. The molecule has 0 radical (unpaired) electrons. The molecule has 1 fully saturated rings. The molecule has 4 aromatic rings. The maximum absolute atomic E-state index is 5.46. The highest BCUT2D eigenvalue weighted by Gasteiger charge is 2.43.